The quantitative estimate of drug-likeness (QED) is 0.858. The summed E-state index contributed by atoms with van der Waals surface area (Å²) in [6.07, 6.45) is 4.91. The molecular formula is C21H27N3O. The van der Waals surface area contributed by atoms with Crippen LogP contribution < -0.4 is 0 Å². The molecule has 132 valence electrons. The number of hydrogen-bond donors (Lipinski definition) is 0. The van der Waals surface area contributed by atoms with Crippen LogP contribution in [0.5, 0.6) is 0 Å². The van der Waals surface area contributed by atoms with Crippen molar-refractivity contribution in [1.82, 2.24) is 14.4 Å². The van der Waals surface area contributed by atoms with E-state index >= 15 is 0 Å². The van der Waals surface area contributed by atoms with Crippen LogP contribution in [0, 0.1) is 11.8 Å². The molecule has 0 radical (unpaired) electrons. The molecule has 2 aromatic rings. The average Bonchev–Trinajstić information content (AvgIpc) is 3.41. The van der Waals surface area contributed by atoms with E-state index in [-0.39, 0.29) is 5.92 Å². The van der Waals surface area contributed by atoms with Crippen LogP contribution in [0.4, 0.5) is 0 Å². The van der Waals surface area contributed by atoms with E-state index in [1.54, 1.807) is 0 Å². The van der Waals surface area contributed by atoms with Gasteiger partial charge in [0.2, 0.25) is 5.91 Å². The number of aromatic nitrogens is 1. The summed E-state index contributed by atoms with van der Waals surface area (Å²) in [5.74, 6) is 1.43. The molecular weight excluding hydrogens is 310 g/mol. The topological polar surface area (TPSA) is 28.5 Å². The van der Waals surface area contributed by atoms with Gasteiger partial charge in [-0.05, 0) is 49.1 Å². The zero-order valence-corrected chi connectivity index (χ0v) is 15.0. The molecule has 0 N–H and O–H groups in total. The second-order valence-corrected chi connectivity index (χ2v) is 8.31. The fraction of sp³-hybridized carbons (Fsp3) is 0.571. The van der Waals surface area contributed by atoms with Gasteiger partial charge in [0.05, 0.1) is 5.92 Å². The average molecular weight is 337 g/mol. The molecule has 1 aliphatic carbocycles. The molecule has 1 aromatic heterocycles. The first kappa shape index (κ1) is 15.4. The van der Waals surface area contributed by atoms with E-state index in [4.69, 9.17) is 0 Å². The van der Waals surface area contributed by atoms with Crippen molar-refractivity contribution < 1.29 is 4.79 Å². The summed E-state index contributed by atoms with van der Waals surface area (Å²) in [6, 6.07) is 11.3. The molecule has 1 aromatic carbocycles. The van der Waals surface area contributed by atoms with Gasteiger partial charge in [-0.25, -0.2) is 0 Å². The Kier molecular flexibility index (Phi) is 3.63. The van der Waals surface area contributed by atoms with Crippen molar-refractivity contribution in [3.05, 3.63) is 36.0 Å². The predicted molar refractivity (Wildman–Crippen MR) is 99.1 cm³/mol. The minimum absolute atomic E-state index is 0.215. The number of benzene rings is 1. The summed E-state index contributed by atoms with van der Waals surface area (Å²) in [4.78, 5) is 17.6. The molecule has 0 unspecified atom stereocenters. The SMILES string of the molecule is Cn1c(CN2C[C@H]3CC[C@@H](C2)N(CC2CC2)C3=O)cc2ccccc21. The standard InChI is InChI=1S/C21H27N3O/c1-22-19(10-16-4-2-3-5-20(16)22)14-23-12-17-8-9-18(13-23)24(21(17)25)11-15-6-7-15/h2-5,10,15,17-18H,6-9,11-14H2,1H3/t17-,18+/m1/s1. The lowest BCUT2D eigenvalue weighted by molar-refractivity contribution is -0.140. The third-order valence-electron chi connectivity index (χ3n) is 6.46. The van der Waals surface area contributed by atoms with E-state index in [1.165, 1.54) is 35.9 Å². The largest absolute Gasteiger partial charge is 0.346 e. The molecule has 3 aliphatic heterocycles. The van der Waals surface area contributed by atoms with Crippen LogP contribution in [0.1, 0.15) is 31.4 Å². The van der Waals surface area contributed by atoms with Crippen LogP contribution in [-0.4, -0.2) is 46.0 Å². The summed E-state index contributed by atoms with van der Waals surface area (Å²) in [6.45, 7) is 3.93. The highest BCUT2D eigenvalue weighted by Crippen LogP contribution is 2.36. The highest BCUT2D eigenvalue weighted by atomic mass is 16.2. The van der Waals surface area contributed by atoms with Gasteiger partial charge in [-0.1, -0.05) is 18.2 Å². The number of para-hydroxylation sites is 1. The van der Waals surface area contributed by atoms with E-state index in [0.29, 0.717) is 11.9 Å². The number of piperidine rings is 1. The van der Waals surface area contributed by atoms with Gasteiger partial charge in [0.1, 0.15) is 0 Å². The first-order valence-corrected chi connectivity index (χ1v) is 9.75. The van der Waals surface area contributed by atoms with E-state index < -0.39 is 0 Å². The zero-order chi connectivity index (χ0) is 17.0. The van der Waals surface area contributed by atoms with Crippen molar-refractivity contribution in [2.24, 2.45) is 18.9 Å². The minimum atomic E-state index is 0.215. The van der Waals surface area contributed by atoms with Gasteiger partial charge in [-0.3, -0.25) is 9.69 Å². The molecule has 4 nitrogen and oxygen atoms in total. The number of fused-ring (bicyclic) bond motifs is 5. The molecule has 6 rings (SSSR count). The second kappa shape index (κ2) is 5.87. The highest BCUT2D eigenvalue weighted by molar-refractivity contribution is 5.81. The Labute approximate surface area is 149 Å². The Morgan fingerprint density at radius 2 is 1.92 bits per heavy atom. The molecule has 4 aliphatic rings. The van der Waals surface area contributed by atoms with E-state index in [0.717, 1.165) is 38.5 Å². The Hall–Kier alpha value is -1.81. The van der Waals surface area contributed by atoms with Crippen molar-refractivity contribution in [1.29, 1.82) is 0 Å². The molecule has 4 heteroatoms. The third kappa shape index (κ3) is 2.77. The summed E-state index contributed by atoms with van der Waals surface area (Å²) >= 11 is 0. The van der Waals surface area contributed by atoms with E-state index in [1.807, 2.05) is 0 Å². The lowest BCUT2D eigenvalue weighted by atomic mass is 9.94. The molecule has 2 bridgehead atoms. The maximum Gasteiger partial charge on any atom is 0.227 e. The molecule has 1 saturated carbocycles. The summed E-state index contributed by atoms with van der Waals surface area (Å²) in [5, 5.41) is 1.31. The number of rotatable bonds is 4. The summed E-state index contributed by atoms with van der Waals surface area (Å²) < 4.78 is 2.31. The first-order valence-electron chi connectivity index (χ1n) is 9.75. The van der Waals surface area contributed by atoms with Crippen LogP contribution in [0.2, 0.25) is 0 Å². The number of amides is 1. The Morgan fingerprint density at radius 3 is 2.72 bits per heavy atom. The van der Waals surface area contributed by atoms with Crippen molar-refractivity contribution in [2.45, 2.75) is 38.3 Å². The Bertz CT molecular complexity index is 807. The fourth-order valence-corrected chi connectivity index (χ4v) is 4.80. The number of aryl methyl sites for hydroxylation is 1. The Balaban J connectivity index is 1.37. The van der Waals surface area contributed by atoms with Crippen LogP contribution in [0.25, 0.3) is 10.9 Å². The summed E-state index contributed by atoms with van der Waals surface area (Å²) in [7, 11) is 2.16. The van der Waals surface area contributed by atoms with Crippen molar-refractivity contribution >= 4 is 16.8 Å². The van der Waals surface area contributed by atoms with Crippen molar-refractivity contribution in [3.8, 4) is 0 Å². The van der Waals surface area contributed by atoms with Gasteiger partial charge in [0.25, 0.3) is 0 Å². The molecule has 1 amide bonds. The van der Waals surface area contributed by atoms with Crippen LogP contribution in [-0.2, 0) is 18.4 Å². The third-order valence-corrected chi connectivity index (χ3v) is 6.46. The molecule has 4 heterocycles. The fourth-order valence-electron chi connectivity index (χ4n) is 4.80. The van der Waals surface area contributed by atoms with Gasteiger partial charge >= 0.3 is 0 Å². The lowest BCUT2D eigenvalue weighted by Crippen LogP contribution is -2.48. The van der Waals surface area contributed by atoms with Gasteiger partial charge in [-0.2, -0.15) is 0 Å². The number of hydrogen-bond acceptors (Lipinski definition) is 2. The monoisotopic (exact) mass is 337 g/mol. The highest BCUT2D eigenvalue weighted by Gasteiger charge is 2.42. The molecule has 2 atom stereocenters. The van der Waals surface area contributed by atoms with Gasteiger partial charge in [0.15, 0.2) is 0 Å². The zero-order valence-electron chi connectivity index (χ0n) is 15.0. The van der Waals surface area contributed by atoms with Crippen LogP contribution >= 0.6 is 0 Å². The Morgan fingerprint density at radius 1 is 1.08 bits per heavy atom. The maximum absolute atomic E-state index is 12.9. The van der Waals surface area contributed by atoms with Crippen molar-refractivity contribution in [2.75, 3.05) is 19.6 Å². The normalized spacial score (nSPS) is 27.2. The smallest absolute Gasteiger partial charge is 0.227 e. The predicted octanol–water partition coefficient (Wildman–Crippen LogP) is 3.01. The molecule has 4 fully saturated rings. The first-order chi connectivity index (χ1) is 12.2. The number of carbonyl (C=O) groups is 1. The summed E-state index contributed by atoms with van der Waals surface area (Å²) in [5.41, 5.74) is 2.64. The van der Waals surface area contributed by atoms with E-state index in [9.17, 15) is 4.79 Å². The van der Waals surface area contributed by atoms with Gasteiger partial charge in [0, 0.05) is 50.5 Å². The van der Waals surface area contributed by atoms with E-state index in [2.05, 4.69) is 51.7 Å². The molecule has 0 spiro atoms. The van der Waals surface area contributed by atoms with Gasteiger partial charge in [-0.15, -0.1) is 0 Å². The molecule has 3 saturated heterocycles. The number of nitrogens with zero attached hydrogens (tertiary/aromatic N) is 3. The maximum atomic E-state index is 12.9. The van der Waals surface area contributed by atoms with Crippen molar-refractivity contribution in [3.63, 3.8) is 0 Å². The number of carbonyl (C=O) groups excluding carboxylic acids is 1. The second-order valence-electron chi connectivity index (χ2n) is 8.31. The molecule has 25 heavy (non-hydrogen) atoms. The van der Waals surface area contributed by atoms with Gasteiger partial charge < -0.3 is 9.47 Å². The van der Waals surface area contributed by atoms with Crippen LogP contribution in [0.3, 0.4) is 0 Å². The minimum Gasteiger partial charge on any atom is -0.346 e. The van der Waals surface area contributed by atoms with Crippen LogP contribution in [0.15, 0.2) is 30.3 Å². The lowest BCUT2D eigenvalue weighted by Gasteiger charge is -2.36.